The van der Waals surface area contributed by atoms with Gasteiger partial charge in [-0.2, -0.15) is 5.10 Å². The van der Waals surface area contributed by atoms with Crippen LogP contribution in [0.2, 0.25) is 0 Å². The van der Waals surface area contributed by atoms with Gasteiger partial charge in [-0.25, -0.2) is 4.79 Å². The SMILES string of the molecule is CN1[C@@H]2COC[C@H]1C[C@@H](OC(=O)c1cn(-c3cnn(C)c3)c3ccccc13)C2. The maximum Gasteiger partial charge on any atom is 0.340 e. The van der Waals surface area contributed by atoms with Crippen LogP contribution in [0.1, 0.15) is 23.2 Å². The minimum atomic E-state index is -0.257. The molecule has 0 aliphatic carbocycles. The molecular weight excluding hydrogens is 356 g/mol. The lowest BCUT2D eigenvalue weighted by atomic mass is 9.92. The van der Waals surface area contributed by atoms with E-state index < -0.39 is 0 Å². The van der Waals surface area contributed by atoms with Crippen LogP contribution in [0, 0.1) is 0 Å². The highest BCUT2D eigenvalue weighted by Gasteiger charge is 2.38. The van der Waals surface area contributed by atoms with Crippen molar-refractivity contribution in [2.75, 3.05) is 20.3 Å². The smallest absolute Gasteiger partial charge is 0.340 e. The Labute approximate surface area is 163 Å². The number of esters is 1. The van der Waals surface area contributed by atoms with Crippen molar-refractivity contribution in [3.05, 3.63) is 48.4 Å². The first-order valence-electron chi connectivity index (χ1n) is 9.70. The van der Waals surface area contributed by atoms with Crippen molar-refractivity contribution >= 4 is 16.9 Å². The Kier molecular flexibility index (Phi) is 4.21. The van der Waals surface area contributed by atoms with Gasteiger partial charge in [-0.1, -0.05) is 18.2 Å². The van der Waals surface area contributed by atoms with E-state index in [9.17, 15) is 4.79 Å². The number of aromatic nitrogens is 3. The van der Waals surface area contributed by atoms with Crippen LogP contribution >= 0.6 is 0 Å². The average Bonchev–Trinajstić information content (AvgIpc) is 3.26. The van der Waals surface area contributed by atoms with Crippen molar-refractivity contribution in [3.8, 4) is 5.69 Å². The second kappa shape index (κ2) is 6.76. The maximum atomic E-state index is 13.1. The third-order valence-electron chi connectivity index (χ3n) is 6.02. The van der Waals surface area contributed by atoms with Crippen molar-refractivity contribution in [2.24, 2.45) is 7.05 Å². The lowest BCUT2D eigenvalue weighted by Gasteiger charge is -2.46. The molecule has 4 heterocycles. The van der Waals surface area contributed by atoms with Gasteiger partial charge in [-0.05, 0) is 13.1 Å². The number of aryl methyl sites for hydroxylation is 1. The normalized spacial score (nSPS) is 25.1. The van der Waals surface area contributed by atoms with Crippen LogP contribution in [0.25, 0.3) is 16.6 Å². The predicted octanol–water partition coefficient (Wildman–Crippen LogP) is 2.38. The van der Waals surface area contributed by atoms with Crippen molar-refractivity contribution < 1.29 is 14.3 Å². The number of hydrogen-bond donors (Lipinski definition) is 0. The summed E-state index contributed by atoms with van der Waals surface area (Å²) in [4.78, 5) is 15.4. The van der Waals surface area contributed by atoms with Crippen molar-refractivity contribution in [3.63, 3.8) is 0 Å². The molecule has 28 heavy (non-hydrogen) atoms. The highest BCUT2D eigenvalue weighted by atomic mass is 16.5. The molecule has 0 radical (unpaired) electrons. The summed E-state index contributed by atoms with van der Waals surface area (Å²) in [6, 6.07) is 8.54. The zero-order valence-electron chi connectivity index (χ0n) is 16.1. The number of hydrogen-bond acceptors (Lipinski definition) is 5. The number of rotatable bonds is 3. The Morgan fingerprint density at radius 3 is 2.61 bits per heavy atom. The Hall–Kier alpha value is -2.64. The van der Waals surface area contributed by atoms with Crippen LogP contribution < -0.4 is 0 Å². The Balaban J connectivity index is 1.44. The van der Waals surface area contributed by atoms with E-state index in [-0.39, 0.29) is 12.1 Å². The van der Waals surface area contributed by atoms with E-state index in [1.807, 2.05) is 48.3 Å². The van der Waals surface area contributed by atoms with Crippen molar-refractivity contribution in [2.45, 2.75) is 31.0 Å². The lowest BCUT2D eigenvalue weighted by molar-refractivity contribution is -0.0970. The summed E-state index contributed by atoms with van der Waals surface area (Å²) in [6.07, 6.45) is 7.16. The number of para-hydroxylation sites is 1. The van der Waals surface area contributed by atoms with Gasteiger partial charge in [0, 0.05) is 49.8 Å². The molecule has 7 nitrogen and oxygen atoms in total. The fourth-order valence-corrected chi connectivity index (χ4v) is 4.44. The Bertz CT molecular complexity index is 1010. The zero-order chi connectivity index (χ0) is 19.3. The maximum absolute atomic E-state index is 13.1. The number of benzene rings is 1. The molecule has 3 aromatic rings. The topological polar surface area (TPSA) is 61.5 Å². The summed E-state index contributed by atoms with van der Waals surface area (Å²) in [5, 5.41) is 5.15. The summed E-state index contributed by atoms with van der Waals surface area (Å²) in [5.41, 5.74) is 2.49. The number of carbonyl (C=O) groups is 1. The van der Waals surface area contributed by atoms with Crippen LogP contribution in [0.3, 0.4) is 0 Å². The molecule has 146 valence electrons. The molecule has 2 fully saturated rings. The van der Waals surface area contributed by atoms with E-state index in [2.05, 4.69) is 17.0 Å². The fourth-order valence-electron chi connectivity index (χ4n) is 4.44. The minimum Gasteiger partial charge on any atom is -0.459 e. The first-order chi connectivity index (χ1) is 13.6. The highest BCUT2D eigenvalue weighted by molar-refractivity contribution is 6.05. The molecule has 2 aliphatic rings. The Morgan fingerprint density at radius 1 is 1.14 bits per heavy atom. The first kappa shape index (κ1) is 17.5. The lowest BCUT2D eigenvalue weighted by Crippen LogP contribution is -2.56. The minimum absolute atomic E-state index is 0.0666. The van der Waals surface area contributed by atoms with Gasteiger partial charge >= 0.3 is 5.97 Å². The largest absolute Gasteiger partial charge is 0.459 e. The van der Waals surface area contributed by atoms with Crippen molar-refractivity contribution in [1.29, 1.82) is 0 Å². The summed E-state index contributed by atoms with van der Waals surface area (Å²) < 4.78 is 15.4. The van der Waals surface area contributed by atoms with Crippen LogP contribution in [0.4, 0.5) is 0 Å². The third kappa shape index (κ3) is 2.91. The van der Waals surface area contributed by atoms with Crippen LogP contribution in [-0.4, -0.2) is 63.7 Å². The number of carbonyl (C=O) groups excluding carboxylic acids is 1. The molecule has 0 amide bonds. The van der Waals surface area contributed by atoms with Crippen LogP contribution in [0.15, 0.2) is 42.9 Å². The Morgan fingerprint density at radius 2 is 1.89 bits per heavy atom. The number of nitrogens with zero attached hydrogens (tertiary/aromatic N) is 4. The summed E-state index contributed by atoms with van der Waals surface area (Å²) in [5.74, 6) is -0.257. The van der Waals surface area contributed by atoms with E-state index in [0.717, 1.165) is 29.4 Å². The van der Waals surface area contributed by atoms with E-state index in [0.29, 0.717) is 30.9 Å². The van der Waals surface area contributed by atoms with E-state index >= 15 is 0 Å². The molecule has 2 bridgehead atoms. The van der Waals surface area contributed by atoms with Gasteiger partial charge in [0.15, 0.2) is 0 Å². The molecule has 0 spiro atoms. The van der Waals surface area contributed by atoms with E-state index in [4.69, 9.17) is 9.47 Å². The monoisotopic (exact) mass is 380 g/mol. The second-order valence-corrected chi connectivity index (χ2v) is 7.81. The molecule has 0 unspecified atom stereocenters. The van der Waals surface area contributed by atoms with Gasteiger partial charge in [-0.3, -0.25) is 9.58 Å². The summed E-state index contributed by atoms with van der Waals surface area (Å²) in [7, 11) is 4.02. The molecule has 5 rings (SSSR count). The molecule has 0 saturated carbocycles. The molecule has 7 heteroatoms. The molecule has 2 aliphatic heterocycles. The third-order valence-corrected chi connectivity index (χ3v) is 6.02. The second-order valence-electron chi connectivity index (χ2n) is 7.81. The molecular formula is C21H24N4O3. The molecule has 0 N–H and O–H groups in total. The zero-order valence-corrected chi connectivity index (χ0v) is 16.1. The average molecular weight is 380 g/mol. The number of piperidine rings is 1. The quantitative estimate of drug-likeness (QED) is 0.653. The van der Waals surface area contributed by atoms with Gasteiger partial charge in [0.25, 0.3) is 0 Å². The van der Waals surface area contributed by atoms with Crippen LogP contribution in [0.5, 0.6) is 0 Å². The van der Waals surface area contributed by atoms with E-state index in [1.54, 1.807) is 10.9 Å². The molecule has 2 aromatic heterocycles. The number of fused-ring (bicyclic) bond motifs is 3. The molecule has 2 saturated heterocycles. The standard InChI is InChI=1S/C21H24N4O3/c1-23-10-16(9-22-23)25-11-19(18-5-3-4-6-20(18)25)21(26)28-17-7-14-12-27-13-15(8-17)24(14)2/h3-6,9-11,14-15,17H,7-8,12-13H2,1-2H3/t14-,15+,17-. The van der Waals surface area contributed by atoms with Gasteiger partial charge in [0.05, 0.1) is 36.2 Å². The van der Waals surface area contributed by atoms with E-state index in [1.165, 1.54) is 0 Å². The highest BCUT2D eigenvalue weighted by Crippen LogP contribution is 2.30. The van der Waals surface area contributed by atoms with Gasteiger partial charge in [0.2, 0.25) is 0 Å². The van der Waals surface area contributed by atoms with Crippen LogP contribution in [-0.2, 0) is 16.5 Å². The predicted molar refractivity (Wildman–Crippen MR) is 105 cm³/mol. The van der Waals surface area contributed by atoms with Crippen molar-refractivity contribution in [1.82, 2.24) is 19.2 Å². The summed E-state index contributed by atoms with van der Waals surface area (Å²) >= 11 is 0. The number of ether oxygens (including phenoxy) is 2. The summed E-state index contributed by atoms with van der Waals surface area (Å²) in [6.45, 7) is 1.42. The number of likely N-dealkylation sites (N-methyl/N-ethyl adjacent to an activating group) is 1. The molecule has 3 atom stereocenters. The molecule has 1 aromatic carbocycles. The number of morpholine rings is 1. The first-order valence-corrected chi connectivity index (χ1v) is 9.70. The fraction of sp³-hybridized carbons (Fsp3) is 0.429. The van der Waals surface area contributed by atoms with Gasteiger partial charge in [0.1, 0.15) is 6.10 Å². The van der Waals surface area contributed by atoms with Gasteiger partial charge in [-0.15, -0.1) is 0 Å². The van der Waals surface area contributed by atoms with Gasteiger partial charge < -0.3 is 14.0 Å².